The molecule has 2 aromatic rings. The molecule has 2 aromatic heterocycles. The maximum absolute atomic E-state index is 4.32. The number of likely N-dealkylation sites (tertiary alicyclic amines) is 1. The van der Waals surface area contributed by atoms with Crippen molar-refractivity contribution in [2.45, 2.75) is 25.4 Å². The molecule has 138 valence electrons. The molecule has 1 aliphatic heterocycles. The number of hydrogen-bond acceptors (Lipinski definition) is 5. The third-order valence-electron chi connectivity index (χ3n) is 4.36. The van der Waals surface area contributed by atoms with Gasteiger partial charge in [-0.1, -0.05) is 6.07 Å². The Balaban J connectivity index is 0.00000225. The Hall–Kier alpha value is -1.20. The summed E-state index contributed by atoms with van der Waals surface area (Å²) in [6.45, 7) is 3.80. The molecule has 1 saturated heterocycles. The van der Waals surface area contributed by atoms with Crippen LogP contribution >= 0.6 is 35.3 Å². The number of guanidine groups is 1. The second-order valence-corrected chi connectivity index (χ2v) is 6.86. The van der Waals surface area contributed by atoms with Gasteiger partial charge in [0.05, 0.1) is 12.6 Å². The Morgan fingerprint density at radius 2 is 2.16 bits per heavy atom. The molecule has 1 fully saturated rings. The fraction of sp³-hybridized carbons (Fsp3) is 0.562. The van der Waals surface area contributed by atoms with Crippen LogP contribution in [0.4, 0.5) is 0 Å². The van der Waals surface area contributed by atoms with Crippen LogP contribution in [0, 0.1) is 0 Å². The van der Waals surface area contributed by atoms with Gasteiger partial charge in [0.25, 0.3) is 0 Å². The van der Waals surface area contributed by atoms with E-state index in [2.05, 4.69) is 48.1 Å². The molecule has 3 rings (SSSR count). The zero-order valence-corrected chi connectivity index (χ0v) is 17.8. The lowest BCUT2D eigenvalue weighted by Gasteiger charge is -2.27. The normalized spacial score (nSPS) is 16.5. The summed E-state index contributed by atoms with van der Waals surface area (Å²) in [5.41, 5.74) is 0. The van der Waals surface area contributed by atoms with E-state index in [0.717, 1.165) is 18.3 Å². The van der Waals surface area contributed by atoms with E-state index in [0.29, 0.717) is 12.6 Å². The largest absolute Gasteiger partial charge is 0.354 e. The van der Waals surface area contributed by atoms with Crippen molar-refractivity contribution in [1.29, 1.82) is 0 Å². The van der Waals surface area contributed by atoms with Crippen molar-refractivity contribution in [3.05, 3.63) is 34.5 Å². The standard InChI is InChI=1S/C16H25N7S.HI/c1-17-16(19-11-15-20-12-21-22(15)2)18-10-13(14-6-5-9-24-14)23-7-3-4-8-23;/h5-6,9,12-13H,3-4,7-8,10-11H2,1-2H3,(H2,17,18,19);1H. The second kappa shape index (κ2) is 10.1. The molecule has 7 nitrogen and oxygen atoms in total. The molecule has 0 saturated carbocycles. The molecule has 9 heteroatoms. The van der Waals surface area contributed by atoms with Crippen molar-refractivity contribution in [3.8, 4) is 0 Å². The minimum atomic E-state index is 0. The van der Waals surface area contributed by atoms with E-state index < -0.39 is 0 Å². The van der Waals surface area contributed by atoms with Crippen molar-refractivity contribution in [2.75, 3.05) is 26.7 Å². The topological polar surface area (TPSA) is 70.4 Å². The van der Waals surface area contributed by atoms with E-state index in [1.165, 1.54) is 30.8 Å². The number of nitrogens with one attached hydrogen (secondary N) is 2. The molecule has 0 amide bonds. The SMILES string of the molecule is CN=C(NCc1ncnn1C)NCC(c1cccs1)N1CCCC1.I. The molecule has 25 heavy (non-hydrogen) atoms. The van der Waals surface area contributed by atoms with Gasteiger partial charge in [-0.15, -0.1) is 35.3 Å². The Morgan fingerprint density at radius 3 is 2.76 bits per heavy atom. The average Bonchev–Trinajstić information content (AvgIpc) is 3.34. The minimum absolute atomic E-state index is 0. The van der Waals surface area contributed by atoms with Crippen LogP contribution in [0.5, 0.6) is 0 Å². The summed E-state index contributed by atoms with van der Waals surface area (Å²) in [5.74, 6) is 1.67. The van der Waals surface area contributed by atoms with Crippen LogP contribution in [0.3, 0.4) is 0 Å². The lowest BCUT2D eigenvalue weighted by Crippen LogP contribution is -2.42. The first-order valence-electron chi connectivity index (χ1n) is 8.33. The molecule has 0 aromatic carbocycles. The third kappa shape index (κ3) is 5.38. The number of thiophene rings is 1. The fourth-order valence-corrected chi connectivity index (χ4v) is 3.86. The summed E-state index contributed by atoms with van der Waals surface area (Å²) < 4.78 is 1.76. The van der Waals surface area contributed by atoms with Gasteiger partial charge in [0, 0.05) is 25.5 Å². The lowest BCUT2D eigenvalue weighted by molar-refractivity contribution is 0.249. The van der Waals surface area contributed by atoms with E-state index in [4.69, 9.17) is 0 Å². The van der Waals surface area contributed by atoms with E-state index in [-0.39, 0.29) is 24.0 Å². The monoisotopic (exact) mass is 475 g/mol. The van der Waals surface area contributed by atoms with Crippen molar-refractivity contribution in [3.63, 3.8) is 0 Å². The molecule has 1 unspecified atom stereocenters. The van der Waals surface area contributed by atoms with Crippen LogP contribution in [0.15, 0.2) is 28.8 Å². The Morgan fingerprint density at radius 1 is 1.36 bits per heavy atom. The van der Waals surface area contributed by atoms with Gasteiger partial charge in [-0.2, -0.15) is 5.10 Å². The van der Waals surface area contributed by atoms with Crippen LogP contribution in [0.25, 0.3) is 0 Å². The van der Waals surface area contributed by atoms with E-state index in [1.807, 2.05) is 18.4 Å². The first kappa shape index (κ1) is 20.1. The molecular weight excluding hydrogens is 449 g/mol. The number of hydrogen-bond donors (Lipinski definition) is 2. The van der Waals surface area contributed by atoms with Gasteiger partial charge in [0.15, 0.2) is 5.96 Å². The second-order valence-electron chi connectivity index (χ2n) is 5.88. The highest BCUT2D eigenvalue weighted by molar-refractivity contribution is 14.0. The van der Waals surface area contributed by atoms with Gasteiger partial charge in [-0.05, 0) is 37.4 Å². The summed E-state index contributed by atoms with van der Waals surface area (Å²) in [6, 6.07) is 4.76. The third-order valence-corrected chi connectivity index (χ3v) is 5.33. The molecular formula is C16H26IN7S. The molecule has 1 aliphatic rings. The fourth-order valence-electron chi connectivity index (χ4n) is 3.00. The van der Waals surface area contributed by atoms with Crippen molar-refractivity contribution in [1.82, 2.24) is 30.3 Å². The number of aryl methyl sites for hydroxylation is 1. The Bertz CT molecular complexity index is 649. The zero-order chi connectivity index (χ0) is 16.8. The van der Waals surface area contributed by atoms with Crippen LogP contribution in [0.1, 0.15) is 29.6 Å². The predicted molar refractivity (Wildman–Crippen MR) is 112 cm³/mol. The summed E-state index contributed by atoms with van der Waals surface area (Å²) in [5, 5.41) is 13.0. The van der Waals surface area contributed by atoms with Gasteiger partial charge in [-0.3, -0.25) is 14.6 Å². The van der Waals surface area contributed by atoms with Crippen LogP contribution in [0.2, 0.25) is 0 Å². The summed E-state index contributed by atoms with van der Waals surface area (Å²) in [6.07, 6.45) is 4.15. The van der Waals surface area contributed by atoms with Gasteiger partial charge in [-0.25, -0.2) is 4.98 Å². The van der Waals surface area contributed by atoms with Crippen LogP contribution in [-0.4, -0.2) is 52.3 Å². The maximum Gasteiger partial charge on any atom is 0.191 e. The first-order chi connectivity index (χ1) is 11.8. The molecule has 1 atom stereocenters. The first-order valence-corrected chi connectivity index (χ1v) is 9.20. The van der Waals surface area contributed by atoms with E-state index in [9.17, 15) is 0 Å². The molecule has 2 N–H and O–H groups in total. The maximum atomic E-state index is 4.32. The Kier molecular flexibility index (Phi) is 8.10. The van der Waals surface area contributed by atoms with Crippen molar-refractivity contribution < 1.29 is 0 Å². The number of nitrogens with zero attached hydrogens (tertiary/aromatic N) is 5. The molecule has 0 aliphatic carbocycles. The van der Waals surface area contributed by atoms with Gasteiger partial charge >= 0.3 is 0 Å². The highest BCUT2D eigenvalue weighted by Crippen LogP contribution is 2.27. The average molecular weight is 475 g/mol. The predicted octanol–water partition coefficient (Wildman–Crippen LogP) is 2.00. The minimum Gasteiger partial charge on any atom is -0.354 e. The summed E-state index contributed by atoms with van der Waals surface area (Å²) in [4.78, 5) is 12.5. The number of aliphatic imine (C=N–C) groups is 1. The summed E-state index contributed by atoms with van der Waals surface area (Å²) in [7, 11) is 3.68. The van der Waals surface area contributed by atoms with Crippen molar-refractivity contribution in [2.24, 2.45) is 12.0 Å². The van der Waals surface area contributed by atoms with E-state index >= 15 is 0 Å². The van der Waals surface area contributed by atoms with Gasteiger partial charge in [0.2, 0.25) is 0 Å². The Labute approximate surface area is 169 Å². The highest BCUT2D eigenvalue weighted by atomic mass is 127. The summed E-state index contributed by atoms with van der Waals surface area (Å²) >= 11 is 1.83. The van der Waals surface area contributed by atoms with Crippen molar-refractivity contribution >= 4 is 41.3 Å². The highest BCUT2D eigenvalue weighted by Gasteiger charge is 2.24. The smallest absolute Gasteiger partial charge is 0.191 e. The number of rotatable bonds is 6. The van der Waals surface area contributed by atoms with Gasteiger partial charge < -0.3 is 10.6 Å². The lowest BCUT2D eigenvalue weighted by atomic mass is 10.2. The number of aromatic nitrogens is 3. The zero-order valence-electron chi connectivity index (χ0n) is 14.7. The van der Waals surface area contributed by atoms with Crippen LogP contribution < -0.4 is 10.6 Å². The molecule has 3 heterocycles. The van der Waals surface area contributed by atoms with Crippen LogP contribution in [-0.2, 0) is 13.6 Å². The molecule has 0 spiro atoms. The molecule has 0 radical (unpaired) electrons. The van der Waals surface area contributed by atoms with E-state index in [1.54, 1.807) is 18.1 Å². The quantitative estimate of drug-likeness (QED) is 0.380. The van der Waals surface area contributed by atoms with Gasteiger partial charge in [0.1, 0.15) is 12.2 Å². The number of halogens is 1. The molecule has 0 bridgehead atoms.